The summed E-state index contributed by atoms with van der Waals surface area (Å²) < 4.78 is 17.4. The summed E-state index contributed by atoms with van der Waals surface area (Å²) in [6, 6.07) is 4.53. The molecule has 70 valence electrons. The highest BCUT2D eigenvalue weighted by atomic mass is 19.1. The zero-order valence-electron chi connectivity index (χ0n) is 7.43. The van der Waals surface area contributed by atoms with E-state index >= 15 is 0 Å². The van der Waals surface area contributed by atoms with Crippen LogP contribution in [-0.2, 0) is 4.74 Å². The minimum atomic E-state index is -0.678. The van der Waals surface area contributed by atoms with Gasteiger partial charge in [0.1, 0.15) is 5.82 Å². The smallest absolute Gasteiger partial charge is 0.411 e. The molecule has 1 N–H and O–H groups in total. The zero-order valence-corrected chi connectivity index (χ0v) is 7.43. The number of carbonyl (C=O) groups excluding carboxylic acids is 1. The van der Waals surface area contributed by atoms with Crippen LogP contribution in [0.15, 0.2) is 18.2 Å². The summed E-state index contributed by atoms with van der Waals surface area (Å²) in [5, 5.41) is 2.25. The van der Waals surface area contributed by atoms with Crippen molar-refractivity contribution < 1.29 is 13.9 Å². The van der Waals surface area contributed by atoms with Gasteiger partial charge < -0.3 is 4.74 Å². The molecule has 0 fully saturated rings. The average molecular weight is 183 g/mol. The third kappa shape index (κ3) is 2.43. The first-order valence-electron chi connectivity index (χ1n) is 3.74. The van der Waals surface area contributed by atoms with E-state index in [1.165, 1.54) is 19.2 Å². The highest BCUT2D eigenvalue weighted by molar-refractivity contribution is 5.84. The van der Waals surface area contributed by atoms with Crippen molar-refractivity contribution in [2.24, 2.45) is 0 Å². The summed E-state index contributed by atoms with van der Waals surface area (Å²) >= 11 is 0. The van der Waals surface area contributed by atoms with E-state index in [4.69, 9.17) is 0 Å². The number of carbonyl (C=O) groups is 1. The van der Waals surface area contributed by atoms with Crippen LogP contribution in [-0.4, -0.2) is 13.2 Å². The van der Waals surface area contributed by atoms with E-state index in [1.807, 2.05) is 0 Å². The third-order valence-electron chi connectivity index (χ3n) is 1.55. The Bertz CT molecular complexity index is 325. The molecule has 0 bridgehead atoms. The number of hydrogen-bond donors (Lipinski definition) is 1. The molecule has 13 heavy (non-hydrogen) atoms. The maximum atomic E-state index is 13.1. The number of halogens is 1. The summed E-state index contributed by atoms with van der Waals surface area (Å²) in [6.07, 6.45) is -0.678. The number of hydrogen-bond acceptors (Lipinski definition) is 2. The molecule has 0 saturated carbocycles. The van der Waals surface area contributed by atoms with Crippen molar-refractivity contribution in [3.05, 3.63) is 29.6 Å². The Morgan fingerprint density at radius 2 is 2.23 bits per heavy atom. The van der Waals surface area contributed by atoms with Crippen LogP contribution in [0.1, 0.15) is 5.56 Å². The quantitative estimate of drug-likeness (QED) is 0.725. The number of nitrogens with one attached hydrogen (secondary N) is 1. The van der Waals surface area contributed by atoms with E-state index in [2.05, 4.69) is 10.1 Å². The Morgan fingerprint density at radius 3 is 2.77 bits per heavy atom. The normalized spacial score (nSPS) is 9.46. The molecule has 0 atom stereocenters. The van der Waals surface area contributed by atoms with E-state index in [-0.39, 0.29) is 5.69 Å². The van der Waals surface area contributed by atoms with Crippen LogP contribution in [0.4, 0.5) is 14.9 Å². The molecule has 4 heteroatoms. The van der Waals surface area contributed by atoms with Crippen LogP contribution in [0.5, 0.6) is 0 Å². The Hall–Kier alpha value is -1.58. The first-order valence-corrected chi connectivity index (χ1v) is 3.74. The molecule has 3 nitrogen and oxygen atoms in total. The number of amides is 1. The van der Waals surface area contributed by atoms with Gasteiger partial charge in [0.25, 0.3) is 0 Å². The van der Waals surface area contributed by atoms with Gasteiger partial charge in [0.05, 0.1) is 12.8 Å². The first-order chi connectivity index (χ1) is 6.13. The van der Waals surface area contributed by atoms with Crippen LogP contribution >= 0.6 is 0 Å². The Labute approximate surface area is 75.5 Å². The molecule has 0 aliphatic carbocycles. The standard InChI is InChI=1S/C9H10FNO2/c1-6-3-4-8(7(10)5-6)11-9(12)13-2/h3-5H,1-2H3,(H,11,12). The van der Waals surface area contributed by atoms with Gasteiger partial charge in [-0.15, -0.1) is 0 Å². The summed E-state index contributed by atoms with van der Waals surface area (Å²) in [7, 11) is 1.22. The molecule has 0 aromatic heterocycles. The molecule has 1 aromatic rings. The number of methoxy groups -OCH3 is 1. The van der Waals surface area contributed by atoms with E-state index in [0.717, 1.165) is 5.56 Å². The lowest BCUT2D eigenvalue weighted by atomic mass is 10.2. The van der Waals surface area contributed by atoms with Gasteiger partial charge in [0, 0.05) is 0 Å². The predicted octanol–water partition coefficient (Wildman–Crippen LogP) is 2.31. The fourth-order valence-electron chi connectivity index (χ4n) is 0.883. The van der Waals surface area contributed by atoms with Crippen LogP contribution in [0, 0.1) is 12.7 Å². The van der Waals surface area contributed by atoms with Gasteiger partial charge in [-0.2, -0.15) is 0 Å². The van der Waals surface area contributed by atoms with Crippen molar-refractivity contribution in [1.29, 1.82) is 0 Å². The lowest BCUT2D eigenvalue weighted by Gasteiger charge is -2.04. The number of aryl methyl sites for hydroxylation is 1. The molecule has 0 heterocycles. The van der Waals surface area contributed by atoms with Crippen molar-refractivity contribution >= 4 is 11.8 Å². The minimum Gasteiger partial charge on any atom is -0.453 e. The van der Waals surface area contributed by atoms with Gasteiger partial charge >= 0.3 is 6.09 Å². The maximum absolute atomic E-state index is 13.1. The second kappa shape index (κ2) is 3.89. The second-order valence-corrected chi connectivity index (χ2v) is 2.60. The highest BCUT2D eigenvalue weighted by Crippen LogP contribution is 2.14. The fraction of sp³-hybridized carbons (Fsp3) is 0.222. The van der Waals surface area contributed by atoms with Gasteiger partial charge in [0.2, 0.25) is 0 Å². The molecule has 0 saturated heterocycles. The zero-order chi connectivity index (χ0) is 9.84. The van der Waals surface area contributed by atoms with Gasteiger partial charge in [0.15, 0.2) is 0 Å². The second-order valence-electron chi connectivity index (χ2n) is 2.60. The molecule has 0 aliphatic heterocycles. The van der Waals surface area contributed by atoms with Crippen molar-refractivity contribution in [2.75, 3.05) is 12.4 Å². The minimum absolute atomic E-state index is 0.123. The number of rotatable bonds is 1. The predicted molar refractivity (Wildman–Crippen MR) is 47.2 cm³/mol. The maximum Gasteiger partial charge on any atom is 0.411 e. The number of benzene rings is 1. The Balaban J connectivity index is 2.83. The summed E-state index contributed by atoms with van der Waals surface area (Å²) in [5.74, 6) is -0.467. The van der Waals surface area contributed by atoms with E-state index in [0.29, 0.717) is 0 Å². The Morgan fingerprint density at radius 1 is 1.54 bits per heavy atom. The van der Waals surface area contributed by atoms with E-state index in [1.54, 1.807) is 13.0 Å². The molecule has 0 aliphatic rings. The van der Waals surface area contributed by atoms with Crippen molar-refractivity contribution in [1.82, 2.24) is 0 Å². The topological polar surface area (TPSA) is 38.3 Å². The summed E-state index contributed by atoms with van der Waals surface area (Å²) in [5.41, 5.74) is 0.922. The van der Waals surface area contributed by atoms with Crippen molar-refractivity contribution in [3.63, 3.8) is 0 Å². The van der Waals surface area contributed by atoms with E-state index < -0.39 is 11.9 Å². The molecule has 0 spiro atoms. The SMILES string of the molecule is COC(=O)Nc1ccc(C)cc1F. The van der Waals surface area contributed by atoms with Gasteiger partial charge in [-0.05, 0) is 24.6 Å². The van der Waals surface area contributed by atoms with Gasteiger partial charge in [-0.3, -0.25) is 5.32 Å². The number of ether oxygens (including phenoxy) is 1. The molecule has 0 unspecified atom stereocenters. The van der Waals surface area contributed by atoms with Gasteiger partial charge in [-0.1, -0.05) is 6.07 Å². The fourth-order valence-corrected chi connectivity index (χ4v) is 0.883. The average Bonchev–Trinajstić information content (AvgIpc) is 2.09. The molecular weight excluding hydrogens is 173 g/mol. The molecule has 0 radical (unpaired) electrons. The lowest BCUT2D eigenvalue weighted by Crippen LogP contribution is -2.12. The Kier molecular flexibility index (Phi) is 2.84. The van der Waals surface area contributed by atoms with E-state index in [9.17, 15) is 9.18 Å². The van der Waals surface area contributed by atoms with Crippen LogP contribution < -0.4 is 5.32 Å². The first kappa shape index (κ1) is 9.51. The lowest BCUT2D eigenvalue weighted by molar-refractivity contribution is 0.187. The van der Waals surface area contributed by atoms with Crippen LogP contribution in [0.2, 0.25) is 0 Å². The molecule has 1 rings (SSSR count). The van der Waals surface area contributed by atoms with Crippen molar-refractivity contribution in [3.8, 4) is 0 Å². The van der Waals surface area contributed by atoms with Gasteiger partial charge in [-0.25, -0.2) is 9.18 Å². The summed E-state index contributed by atoms with van der Waals surface area (Å²) in [4.78, 5) is 10.7. The highest BCUT2D eigenvalue weighted by Gasteiger charge is 2.05. The summed E-state index contributed by atoms with van der Waals surface area (Å²) in [6.45, 7) is 1.77. The van der Waals surface area contributed by atoms with Crippen LogP contribution in [0.25, 0.3) is 0 Å². The molecular formula is C9H10FNO2. The largest absolute Gasteiger partial charge is 0.453 e. The van der Waals surface area contributed by atoms with Crippen molar-refractivity contribution in [2.45, 2.75) is 6.92 Å². The molecule has 1 amide bonds. The molecule has 1 aromatic carbocycles. The van der Waals surface area contributed by atoms with Crippen LogP contribution in [0.3, 0.4) is 0 Å². The monoisotopic (exact) mass is 183 g/mol. The number of anilines is 1. The third-order valence-corrected chi connectivity index (χ3v) is 1.55.